The van der Waals surface area contributed by atoms with Crippen LogP contribution < -0.4 is 14.8 Å². The van der Waals surface area contributed by atoms with E-state index < -0.39 is 0 Å². The minimum atomic E-state index is 0.731. The minimum absolute atomic E-state index is 0.731. The van der Waals surface area contributed by atoms with E-state index in [1.165, 1.54) is 0 Å². The van der Waals surface area contributed by atoms with Crippen LogP contribution in [0.25, 0.3) is 0 Å². The zero-order valence-electron chi connectivity index (χ0n) is 10.8. The maximum Gasteiger partial charge on any atom is 0.163 e. The molecule has 0 saturated carbocycles. The van der Waals surface area contributed by atoms with Crippen molar-refractivity contribution in [1.82, 2.24) is 5.32 Å². The summed E-state index contributed by atoms with van der Waals surface area (Å²) in [6.45, 7) is 2.49. The van der Waals surface area contributed by atoms with Crippen LogP contribution in [0.15, 0.2) is 18.2 Å². The SMILES string of the molecule is COCCNCCc1cccc(OC)c1OC. The Morgan fingerprint density at radius 2 is 1.88 bits per heavy atom. The second kappa shape index (κ2) is 7.92. The summed E-state index contributed by atoms with van der Waals surface area (Å²) >= 11 is 0. The van der Waals surface area contributed by atoms with E-state index in [9.17, 15) is 0 Å². The normalized spacial score (nSPS) is 10.3. The van der Waals surface area contributed by atoms with Gasteiger partial charge < -0.3 is 19.5 Å². The molecule has 1 aromatic carbocycles. The Labute approximate surface area is 103 Å². The predicted molar refractivity (Wildman–Crippen MR) is 68.0 cm³/mol. The number of para-hydroxylation sites is 1. The number of hydrogen-bond donors (Lipinski definition) is 1. The highest BCUT2D eigenvalue weighted by molar-refractivity contribution is 5.46. The second-order valence-corrected chi connectivity index (χ2v) is 3.65. The third-order valence-electron chi connectivity index (χ3n) is 2.54. The van der Waals surface area contributed by atoms with Gasteiger partial charge in [0.2, 0.25) is 0 Å². The fourth-order valence-corrected chi connectivity index (χ4v) is 1.67. The number of benzene rings is 1. The second-order valence-electron chi connectivity index (χ2n) is 3.65. The first kappa shape index (κ1) is 13.8. The van der Waals surface area contributed by atoms with E-state index in [0.29, 0.717) is 0 Å². The summed E-state index contributed by atoms with van der Waals surface area (Å²) in [6, 6.07) is 5.94. The van der Waals surface area contributed by atoms with Crippen LogP contribution in [-0.2, 0) is 11.2 Å². The molecule has 1 aromatic rings. The summed E-state index contributed by atoms with van der Waals surface area (Å²) in [7, 11) is 5.02. The smallest absolute Gasteiger partial charge is 0.163 e. The molecule has 0 atom stereocenters. The van der Waals surface area contributed by atoms with E-state index in [1.807, 2.05) is 12.1 Å². The molecule has 0 aromatic heterocycles. The van der Waals surface area contributed by atoms with Gasteiger partial charge in [0.05, 0.1) is 20.8 Å². The number of ether oxygens (including phenoxy) is 3. The van der Waals surface area contributed by atoms with Gasteiger partial charge in [0.25, 0.3) is 0 Å². The van der Waals surface area contributed by atoms with E-state index in [1.54, 1.807) is 21.3 Å². The van der Waals surface area contributed by atoms with E-state index >= 15 is 0 Å². The van der Waals surface area contributed by atoms with Gasteiger partial charge in [-0.25, -0.2) is 0 Å². The van der Waals surface area contributed by atoms with Crippen LogP contribution in [0.1, 0.15) is 5.56 Å². The molecule has 0 fully saturated rings. The molecular formula is C13H21NO3. The van der Waals surface area contributed by atoms with Crippen molar-refractivity contribution in [3.63, 3.8) is 0 Å². The lowest BCUT2D eigenvalue weighted by Gasteiger charge is -2.12. The summed E-state index contributed by atoms with van der Waals surface area (Å²) in [6.07, 6.45) is 0.907. The Kier molecular flexibility index (Phi) is 6.43. The van der Waals surface area contributed by atoms with Crippen LogP contribution in [0.3, 0.4) is 0 Å². The van der Waals surface area contributed by atoms with Crippen molar-refractivity contribution >= 4 is 0 Å². The highest BCUT2D eigenvalue weighted by Gasteiger charge is 2.08. The molecular weight excluding hydrogens is 218 g/mol. The molecule has 4 heteroatoms. The molecule has 0 amide bonds. The van der Waals surface area contributed by atoms with Gasteiger partial charge in [-0.15, -0.1) is 0 Å². The van der Waals surface area contributed by atoms with Gasteiger partial charge in [-0.1, -0.05) is 12.1 Å². The summed E-state index contributed by atoms with van der Waals surface area (Å²) < 4.78 is 15.6. The number of hydrogen-bond acceptors (Lipinski definition) is 4. The van der Waals surface area contributed by atoms with Gasteiger partial charge >= 0.3 is 0 Å². The lowest BCUT2D eigenvalue weighted by atomic mass is 10.1. The van der Waals surface area contributed by atoms with Crippen LogP contribution in [0.4, 0.5) is 0 Å². The Bertz CT molecular complexity index is 328. The van der Waals surface area contributed by atoms with Crippen molar-refractivity contribution in [3.05, 3.63) is 23.8 Å². The standard InChI is InChI=1S/C13H21NO3/c1-15-10-9-14-8-7-11-5-4-6-12(16-2)13(11)17-3/h4-6,14H,7-10H2,1-3H3. The Morgan fingerprint density at radius 3 is 2.53 bits per heavy atom. The molecule has 0 aliphatic rings. The van der Waals surface area contributed by atoms with Gasteiger partial charge in [-0.2, -0.15) is 0 Å². The first-order valence-electron chi connectivity index (χ1n) is 5.73. The van der Waals surface area contributed by atoms with Gasteiger partial charge in [0.15, 0.2) is 11.5 Å². The van der Waals surface area contributed by atoms with Crippen LogP contribution in [0.5, 0.6) is 11.5 Å². The van der Waals surface area contributed by atoms with Crippen molar-refractivity contribution in [2.24, 2.45) is 0 Å². The quantitative estimate of drug-likeness (QED) is 0.698. The van der Waals surface area contributed by atoms with E-state index in [0.717, 1.165) is 43.2 Å². The average Bonchev–Trinajstić information content (AvgIpc) is 2.38. The van der Waals surface area contributed by atoms with Gasteiger partial charge in [-0.05, 0) is 24.6 Å². The molecule has 1 N–H and O–H groups in total. The molecule has 0 unspecified atom stereocenters. The summed E-state index contributed by atoms with van der Waals surface area (Å²) in [5, 5.41) is 3.30. The monoisotopic (exact) mass is 239 g/mol. The molecule has 0 bridgehead atoms. The van der Waals surface area contributed by atoms with Gasteiger partial charge in [0, 0.05) is 13.7 Å². The van der Waals surface area contributed by atoms with Crippen molar-refractivity contribution in [2.45, 2.75) is 6.42 Å². The van der Waals surface area contributed by atoms with Crippen molar-refractivity contribution in [2.75, 3.05) is 41.0 Å². The molecule has 1 rings (SSSR count). The van der Waals surface area contributed by atoms with E-state index in [2.05, 4.69) is 11.4 Å². The number of nitrogens with one attached hydrogen (secondary N) is 1. The lowest BCUT2D eigenvalue weighted by molar-refractivity contribution is 0.199. The van der Waals surface area contributed by atoms with Crippen LogP contribution >= 0.6 is 0 Å². The Morgan fingerprint density at radius 1 is 1.06 bits per heavy atom. The molecule has 17 heavy (non-hydrogen) atoms. The van der Waals surface area contributed by atoms with E-state index in [4.69, 9.17) is 14.2 Å². The third-order valence-corrected chi connectivity index (χ3v) is 2.54. The molecule has 0 aliphatic carbocycles. The molecule has 4 nitrogen and oxygen atoms in total. The van der Waals surface area contributed by atoms with E-state index in [-0.39, 0.29) is 0 Å². The minimum Gasteiger partial charge on any atom is -0.493 e. The maximum atomic E-state index is 5.37. The summed E-state index contributed by atoms with van der Waals surface area (Å²) in [4.78, 5) is 0. The van der Waals surface area contributed by atoms with Gasteiger partial charge in [0.1, 0.15) is 0 Å². The Balaban J connectivity index is 2.52. The fraction of sp³-hybridized carbons (Fsp3) is 0.538. The first-order chi connectivity index (χ1) is 8.33. The predicted octanol–water partition coefficient (Wildman–Crippen LogP) is 1.48. The van der Waals surface area contributed by atoms with Crippen LogP contribution in [-0.4, -0.2) is 41.0 Å². The lowest BCUT2D eigenvalue weighted by Crippen LogP contribution is -2.21. The van der Waals surface area contributed by atoms with Crippen LogP contribution in [0, 0.1) is 0 Å². The largest absolute Gasteiger partial charge is 0.493 e. The maximum absolute atomic E-state index is 5.37. The molecule has 96 valence electrons. The van der Waals surface area contributed by atoms with Crippen molar-refractivity contribution < 1.29 is 14.2 Å². The molecule has 0 spiro atoms. The Hall–Kier alpha value is -1.26. The fourth-order valence-electron chi connectivity index (χ4n) is 1.67. The highest BCUT2D eigenvalue weighted by atomic mass is 16.5. The average molecular weight is 239 g/mol. The van der Waals surface area contributed by atoms with Crippen LogP contribution in [0.2, 0.25) is 0 Å². The third kappa shape index (κ3) is 4.24. The van der Waals surface area contributed by atoms with Gasteiger partial charge in [-0.3, -0.25) is 0 Å². The first-order valence-corrected chi connectivity index (χ1v) is 5.73. The number of methoxy groups -OCH3 is 3. The zero-order chi connectivity index (χ0) is 12.5. The molecule has 0 radical (unpaired) electrons. The zero-order valence-corrected chi connectivity index (χ0v) is 10.8. The molecule has 0 heterocycles. The number of rotatable bonds is 8. The van der Waals surface area contributed by atoms with Crippen molar-refractivity contribution in [1.29, 1.82) is 0 Å². The van der Waals surface area contributed by atoms with Crippen molar-refractivity contribution in [3.8, 4) is 11.5 Å². The molecule has 0 saturated heterocycles. The molecule has 0 aliphatic heterocycles. The topological polar surface area (TPSA) is 39.7 Å². The summed E-state index contributed by atoms with van der Waals surface area (Å²) in [5.41, 5.74) is 1.15. The highest BCUT2D eigenvalue weighted by Crippen LogP contribution is 2.30. The summed E-state index contributed by atoms with van der Waals surface area (Å²) in [5.74, 6) is 1.60.